The van der Waals surface area contributed by atoms with Crippen LogP contribution in [0.2, 0.25) is 0 Å². The van der Waals surface area contributed by atoms with E-state index in [1.165, 1.54) is 0 Å². The molecule has 0 radical (unpaired) electrons. The first kappa shape index (κ1) is 24.8. The summed E-state index contributed by atoms with van der Waals surface area (Å²) < 4.78 is 18.5. The lowest BCUT2D eigenvalue weighted by Gasteiger charge is -2.35. The zero-order valence-electron chi connectivity index (χ0n) is 20.4. The van der Waals surface area contributed by atoms with Crippen molar-refractivity contribution >= 4 is 6.09 Å². The van der Waals surface area contributed by atoms with E-state index in [1.807, 2.05) is 65.0 Å². The highest BCUT2D eigenvalue weighted by atomic mass is 16.6. The van der Waals surface area contributed by atoms with Gasteiger partial charge in [-0.3, -0.25) is 4.90 Å². The molecule has 7 nitrogen and oxygen atoms in total. The highest BCUT2D eigenvalue weighted by Gasteiger charge is 2.54. The summed E-state index contributed by atoms with van der Waals surface area (Å²) in [4.78, 5) is 19.2. The molecule has 180 valence electrons. The van der Waals surface area contributed by atoms with E-state index in [1.54, 1.807) is 23.2 Å². The van der Waals surface area contributed by atoms with Gasteiger partial charge < -0.3 is 19.3 Å². The molecular weight excluding hydrogens is 420 g/mol. The second kappa shape index (κ2) is 10.00. The summed E-state index contributed by atoms with van der Waals surface area (Å²) >= 11 is 0. The fourth-order valence-corrected chi connectivity index (χ4v) is 4.26. The van der Waals surface area contributed by atoms with Gasteiger partial charge in [-0.1, -0.05) is 43.7 Å². The number of benzene rings is 1. The van der Waals surface area contributed by atoms with Gasteiger partial charge in [-0.15, -0.1) is 0 Å². The predicted octanol–water partition coefficient (Wildman–Crippen LogP) is 5.32. The number of pyridine rings is 1. The van der Waals surface area contributed by atoms with Gasteiger partial charge in [0.15, 0.2) is 5.75 Å². The van der Waals surface area contributed by atoms with Gasteiger partial charge in [0.05, 0.1) is 6.04 Å². The molecule has 0 aliphatic carbocycles. The zero-order valence-corrected chi connectivity index (χ0v) is 20.4. The van der Waals surface area contributed by atoms with Crippen LogP contribution < -0.4 is 4.74 Å². The number of carbonyl (C=O) groups is 1. The van der Waals surface area contributed by atoms with E-state index in [0.29, 0.717) is 12.8 Å². The monoisotopic (exact) mass is 456 g/mol. The Morgan fingerprint density at radius 2 is 1.91 bits per heavy atom. The van der Waals surface area contributed by atoms with Crippen LogP contribution in [0.4, 0.5) is 4.79 Å². The molecule has 1 aromatic heterocycles. The van der Waals surface area contributed by atoms with Crippen molar-refractivity contribution in [1.29, 1.82) is 0 Å². The molecule has 1 N–H and O–H groups in total. The van der Waals surface area contributed by atoms with E-state index in [4.69, 9.17) is 14.2 Å². The number of ether oxygens (including phenoxy) is 3. The van der Waals surface area contributed by atoms with Crippen LogP contribution in [0.3, 0.4) is 0 Å². The lowest BCUT2D eigenvalue weighted by Crippen LogP contribution is -2.52. The van der Waals surface area contributed by atoms with Crippen LogP contribution in [0.5, 0.6) is 11.6 Å². The Kier molecular flexibility index (Phi) is 7.52. The molecule has 1 unspecified atom stereocenters. The Bertz CT molecular complexity index is 926. The van der Waals surface area contributed by atoms with E-state index < -0.39 is 29.6 Å². The van der Waals surface area contributed by atoms with Crippen molar-refractivity contribution in [1.82, 2.24) is 9.88 Å². The second-order valence-electron chi connectivity index (χ2n) is 9.91. The third kappa shape index (κ3) is 6.16. The number of nitrogens with zero attached hydrogens (tertiary/aromatic N) is 2. The number of hydrogen-bond acceptors (Lipinski definition) is 6. The summed E-state index contributed by atoms with van der Waals surface area (Å²) in [6.45, 7) is 11.4. The number of carbonyl (C=O) groups excluding carboxylic acids is 1. The summed E-state index contributed by atoms with van der Waals surface area (Å²) in [5.74, 6) is 0.131. The van der Waals surface area contributed by atoms with Crippen molar-refractivity contribution in [3.63, 3.8) is 0 Å². The van der Waals surface area contributed by atoms with Gasteiger partial charge in [0, 0.05) is 6.20 Å². The minimum atomic E-state index is -0.909. The normalized spacial score (nSPS) is 21.0. The molecule has 2 aromatic rings. The van der Waals surface area contributed by atoms with E-state index in [9.17, 15) is 9.90 Å². The molecule has 33 heavy (non-hydrogen) atoms. The van der Waals surface area contributed by atoms with Crippen LogP contribution in [-0.2, 0) is 15.9 Å². The van der Waals surface area contributed by atoms with Crippen LogP contribution in [0.1, 0.15) is 59.9 Å². The lowest BCUT2D eigenvalue weighted by molar-refractivity contribution is -0.100. The smallest absolute Gasteiger partial charge is 0.412 e. The number of amides is 1. The van der Waals surface area contributed by atoms with Gasteiger partial charge in [-0.2, -0.15) is 0 Å². The largest absolute Gasteiger partial charge is 0.503 e. The molecule has 1 saturated heterocycles. The van der Waals surface area contributed by atoms with Crippen molar-refractivity contribution in [3.8, 4) is 11.6 Å². The predicted molar refractivity (Wildman–Crippen MR) is 126 cm³/mol. The van der Waals surface area contributed by atoms with Crippen LogP contribution in [0.15, 0.2) is 48.7 Å². The first-order valence-corrected chi connectivity index (χ1v) is 11.6. The fourth-order valence-electron chi connectivity index (χ4n) is 4.26. The molecule has 1 aromatic carbocycles. The average molecular weight is 457 g/mol. The Balaban J connectivity index is 1.99. The summed E-state index contributed by atoms with van der Waals surface area (Å²) in [5.41, 5.74) is -0.464. The molecule has 1 aliphatic rings. The van der Waals surface area contributed by atoms with E-state index in [0.717, 1.165) is 12.0 Å². The SMILES string of the molecule is CCCC(Oc1ncccc1O)[C@@H]1OC(C)(C)N(C(=O)OC(C)(C)C)[C@H]1Cc1ccccc1. The van der Waals surface area contributed by atoms with Gasteiger partial charge in [0.2, 0.25) is 0 Å². The van der Waals surface area contributed by atoms with E-state index in [-0.39, 0.29) is 17.7 Å². The number of aromatic nitrogens is 1. The Hall–Kier alpha value is -2.80. The number of hydrogen-bond donors (Lipinski definition) is 1. The highest BCUT2D eigenvalue weighted by Crippen LogP contribution is 2.39. The average Bonchev–Trinajstić information content (AvgIpc) is 2.99. The topological polar surface area (TPSA) is 81.1 Å². The molecular formula is C26H36N2O5. The van der Waals surface area contributed by atoms with Crippen molar-refractivity contribution < 1.29 is 24.1 Å². The maximum atomic E-state index is 13.3. The lowest BCUT2D eigenvalue weighted by atomic mass is 9.95. The summed E-state index contributed by atoms with van der Waals surface area (Å²) in [6, 6.07) is 12.9. The third-order valence-corrected chi connectivity index (χ3v) is 5.55. The van der Waals surface area contributed by atoms with Crippen molar-refractivity contribution in [3.05, 3.63) is 54.2 Å². The first-order valence-electron chi connectivity index (χ1n) is 11.6. The molecule has 0 saturated carbocycles. The molecule has 1 fully saturated rings. The zero-order chi connectivity index (χ0) is 24.2. The van der Waals surface area contributed by atoms with Crippen LogP contribution in [0, 0.1) is 0 Å². The number of rotatable bonds is 7. The Morgan fingerprint density at radius 1 is 1.21 bits per heavy atom. The van der Waals surface area contributed by atoms with E-state index in [2.05, 4.69) is 11.9 Å². The van der Waals surface area contributed by atoms with Crippen LogP contribution in [-0.4, -0.2) is 50.7 Å². The van der Waals surface area contributed by atoms with Crippen molar-refractivity contribution in [2.45, 2.75) is 90.4 Å². The van der Waals surface area contributed by atoms with Gasteiger partial charge in [0.25, 0.3) is 5.88 Å². The highest BCUT2D eigenvalue weighted by molar-refractivity contribution is 5.70. The standard InChI is InChI=1S/C26H36N2O5/c1-7-12-21(31-23-20(29)15-11-16-27-23)22-19(17-18-13-9-8-10-14-18)28(26(5,6)32-22)24(30)33-25(2,3)4/h8-11,13-16,19,21-22,29H,7,12,17H2,1-6H3/t19-,21?,22+/m0/s1. The Morgan fingerprint density at radius 3 is 2.52 bits per heavy atom. The molecule has 0 bridgehead atoms. The summed E-state index contributed by atoms with van der Waals surface area (Å²) in [7, 11) is 0. The second-order valence-corrected chi connectivity index (χ2v) is 9.91. The molecule has 3 atom stereocenters. The van der Waals surface area contributed by atoms with Gasteiger partial charge >= 0.3 is 6.09 Å². The van der Waals surface area contributed by atoms with Gasteiger partial charge in [-0.25, -0.2) is 9.78 Å². The maximum absolute atomic E-state index is 13.3. The van der Waals surface area contributed by atoms with Crippen LogP contribution in [0.25, 0.3) is 0 Å². The first-order chi connectivity index (χ1) is 15.5. The van der Waals surface area contributed by atoms with Gasteiger partial charge in [0.1, 0.15) is 23.5 Å². The molecule has 7 heteroatoms. The van der Waals surface area contributed by atoms with Gasteiger partial charge in [-0.05, 0) is 65.2 Å². The Labute approximate surface area is 196 Å². The molecule has 2 heterocycles. The molecule has 1 amide bonds. The van der Waals surface area contributed by atoms with E-state index >= 15 is 0 Å². The third-order valence-electron chi connectivity index (χ3n) is 5.55. The quantitative estimate of drug-likeness (QED) is 0.607. The molecule has 1 aliphatic heterocycles. The number of aromatic hydroxyl groups is 1. The van der Waals surface area contributed by atoms with Crippen LogP contribution >= 0.6 is 0 Å². The van der Waals surface area contributed by atoms with Crippen molar-refractivity contribution in [2.24, 2.45) is 0 Å². The summed E-state index contributed by atoms with van der Waals surface area (Å²) in [5, 5.41) is 10.2. The molecule has 3 rings (SSSR count). The minimum Gasteiger partial charge on any atom is -0.503 e. The van der Waals surface area contributed by atoms with Crippen molar-refractivity contribution in [2.75, 3.05) is 0 Å². The summed E-state index contributed by atoms with van der Waals surface area (Å²) in [6.07, 6.45) is 2.36. The minimum absolute atomic E-state index is 0.0283. The fraction of sp³-hybridized carbons (Fsp3) is 0.538. The molecule has 0 spiro atoms. The maximum Gasteiger partial charge on any atom is 0.412 e.